The second-order valence-electron chi connectivity index (χ2n) is 3.95. The number of rotatable bonds is 5. The van der Waals surface area contributed by atoms with E-state index in [1.165, 1.54) is 6.33 Å². The average molecular weight is 209 g/mol. The third kappa shape index (κ3) is 3.36. The van der Waals surface area contributed by atoms with Gasteiger partial charge in [0.2, 0.25) is 0 Å². The molecule has 0 amide bonds. The lowest BCUT2D eigenvalue weighted by atomic mass is 10.1. The van der Waals surface area contributed by atoms with Crippen molar-refractivity contribution in [2.24, 2.45) is 11.8 Å². The number of anilines is 2. The molecule has 4 N–H and O–H groups in total. The smallest absolute Gasteiger partial charge is 0.148 e. The van der Waals surface area contributed by atoms with Crippen molar-refractivity contribution >= 4 is 11.6 Å². The summed E-state index contributed by atoms with van der Waals surface area (Å²) in [5.74, 6) is 7.53. The summed E-state index contributed by atoms with van der Waals surface area (Å²) in [7, 11) is 0. The maximum atomic E-state index is 5.33. The predicted octanol–water partition coefficient (Wildman–Crippen LogP) is 1.53. The van der Waals surface area contributed by atoms with Gasteiger partial charge in [0, 0.05) is 12.1 Å². The van der Waals surface area contributed by atoms with Crippen LogP contribution in [-0.2, 0) is 0 Å². The minimum absolute atomic E-state index is 0.664. The maximum absolute atomic E-state index is 5.33. The highest BCUT2D eigenvalue weighted by atomic mass is 15.3. The molecule has 0 atom stereocenters. The van der Waals surface area contributed by atoms with Crippen molar-refractivity contribution in [2.75, 3.05) is 17.3 Å². The second-order valence-corrected chi connectivity index (χ2v) is 3.95. The molecule has 0 aliphatic carbocycles. The Kier molecular flexibility index (Phi) is 4.30. The molecule has 1 aromatic rings. The molecule has 84 valence electrons. The SMILES string of the molecule is Cc1c(NN)ncnc1NCCC(C)C. The molecule has 1 rings (SSSR count). The first kappa shape index (κ1) is 11.7. The van der Waals surface area contributed by atoms with Gasteiger partial charge in [0.05, 0.1) is 0 Å². The molecule has 0 unspecified atom stereocenters. The van der Waals surface area contributed by atoms with Crippen molar-refractivity contribution in [2.45, 2.75) is 27.2 Å². The number of hydrogen-bond acceptors (Lipinski definition) is 5. The van der Waals surface area contributed by atoms with Gasteiger partial charge in [0.15, 0.2) is 0 Å². The molecule has 0 radical (unpaired) electrons. The molecule has 0 aliphatic rings. The summed E-state index contributed by atoms with van der Waals surface area (Å²) in [6.07, 6.45) is 2.62. The highest BCUT2D eigenvalue weighted by Crippen LogP contribution is 2.17. The summed E-state index contributed by atoms with van der Waals surface area (Å²) < 4.78 is 0. The monoisotopic (exact) mass is 209 g/mol. The van der Waals surface area contributed by atoms with Gasteiger partial charge in [0.25, 0.3) is 0 Å². The lowest BCUT2D eigenvalue weighted by Crippen LogP contribution is -2.13. The fourth-order valence-electron chi connectivity index (χ4n) is 1.25. The number of aromatic nitrogens is 2. The minimum atomic E-state index is 0.664. The van der Waals surface area contributed by atoms with Crippen LogP contribution in [0.4, 0.5) is 11.6 Å². The normalized spacial score (nSPS) is 10.5. The Labute approximate surface area is 90.5 Å². The Balaban J connectivity index is 2.61. The molecule has 1 heterocycles. The number of hydrazine groups is 1. The van der Waals surface area contributed by atoms with E-state index in [1.807, 2.05) is 6.92 Å². The van der Waals surface area contributed by atoms with E-state index in [9.17, 15) is 0 Å². The molecule has 0 aliphatic heterocycles. The van der Waals surface area contributed by atoms with Crippen molar-refractivity contribution in [1.29, 1.82) is 0 Å². The first-order chi connectivity index (χ1) is 7.15. The quantitative estimate of drug-likeness (QED) is 0.506. The fourth-order valence-corrected chi connectivity index (χ4v) is 1.25. The summed E-state index contributed by atoms with van der Waals surface area (Å²) in [6.45, 7) is 7.25. The molecule has 0 aromatic carbocycles. The van der Waals surface area contributed by atoms with E-state index in [1.54, 1.807) is 0 Å². The molecular formula is C10H19N5. The van der Waals surface area contributed by atoms with Gasteiger partial charge >= 0.3 is 0 Å². The van der Waals surface area contributed by atoms with Crippen LogP contribution in [0.2, 0.25) is 0 Å². The third-order valence-electron chi connectivity index (χ3n) is 2.23. The summed E-state index contributed by atoms with van der Waals surface area (Å²) in [4.78, 5) is 8.18. The fraction of sp³-hybridized carbons (Fsp3) is 0.600. The van der Waals surface area contributed by atoms with E-state index in [0.29, 0.717) is 11.7 Å². The van der Waals surface area contributed by atoms with Crippen LogP contribution >= 0.6 is 0 Å². The second kappa shape index (κ2) is 5.50. The van der Waals surface area contributed by atoms with Crippen LogP contribution in [0.15, 0.2) is 6.33 Å². The van der Waals surface area contributed by atoms with Gasteiger partial charge in [-0.05, 0) is 19.3 Å². The van der Waals surface area contributed by atoms with Crippen molar-refractivity contribution < 1.29 is 0 Å². The van der Waals surface area contributed by atoms with Gasteiger partial charge in [-0.1, -0.05) is 13.8 Å². The van der Waals surface area contributed by atoms with Crippen molar-refractivity contribution in [3.05, 3.63) is 11.9 Å². The van der Waals surface area contributed by atoms with E-state index in [4.69, 9.17) is 5.84 Å². The minimum Gasteiger partial charge on any atom is -0.370 e. The largest absolute Gasteiger partial charge is 0.370 e. The number of nitrogen functional groups attached to an aromatic ring is 1. The summed E-state index contributed by atoms with van der Waals surface area (Å²) in [5.41, 5.74) is 3.49. The standard InChI is InChI=1S/C10H19N5/c1-7(2)4-5-12-9-8(3)10(15-11)14-6-13-9/h6-7H,4-5,11H2,1-3H3,(H2,12,13,14,15). The number of nitrogens with two attached hydrogens (primary N) is 1. The highest BCUT2D eigenvalue weighted by Gasteiger charge is 2.04. The molecular weight excluding hydrogens is 190 g/mol. The molecule has 0 saturated carbocycles. The van der Waals surface area contributed by atoms with Crippen molar-refractivity contribution in [3.8, 4) is 0 Å². The first-order valence-corrected chi connectivity index (χ1v) is 5.17. The van der Waals surface area contributed by atoms with E-state index in [-0.39, 0.29) is 0 Å². The third-order valence-corrected chi connectivity index (χ3v) is 2.23. The molecule has 0 spiro atoms. The molecule has 0 fully saturated rings. The van der Waals surface area contributed by atoms with Gasteiger partial charge in [-0.25, -0.2) is 15.8 Å². The Bertz CT molecular complexity index is 311. The zero-order chi connectivity index (χ0) is 11.3. The van der Waals surface area contributed by atoms with Crippen LogP contribution in [0.1, 0.15) is 25.8 Å². The molecule has 5 nitrogen and oxygen atoms in total. The van der Waals surface area contributed by atoms with Gasteiger partial charge < -0.3 is 10.7 Å². The zero-order valence-corrected chi connectivity index (χ0v) is 9.54. The Morgan fingerprint density at radius 2 is 2.00 bits per heavy atom. The molecule has 1 aromatic heterocycles. The van der Waals surface area contributed by atoms with Gasteiger partial charge in [-0.3, -0.25) is 0 Å². The number of hydrogen-bond donors (Lipinski definition) is 3. The van der Waals surface area contributed by atoms with Gasteiger partial charge in [-0.2, -0.15) is 0 Å². The molecule has 5 heteroatoms. The van der Waals surface area contributed by atoms with E-state index < -0.39 is 0 Å². The van der Waals surface area contributed by atoms with Crippen LogP contribution in [0.3, 0.4) is 0 Å². The van der Waals surface area contributed by atoms with E-state index in [0.717, 1.165) is 24.3 Å². The Hall–Kier alpha value is -1.36. The lowest BCUT2D eigenvalue weighted by molar-refractivity contribution is 0.606. The average Bonchev–Trinajstić information content (AvgIpc) is 2.20. The number of nitrogens with one attached hydrogen (secondary N) is 2. The summed E-state index contributed by atoms with van der Waals surface area (Å²) >= 11 is 0. The summed E-state index contributed by atoms with van der Waals surface area (Å²) in [5, 5.41) is 3.27. The van der Waals surface area contributed by atoms with Crippen LogP contribution in [0.25, 0.3) is 0 Å². The lowest BCUT2D eigenvalue weighted by Gasteiger charge is -2.11. The Morgan fingerprint density at radius 1 is 1.33 bits per heavy atom. The van der Waals surface area contributed by atoms with Crippen molar-refractivity contribution in [1.82, 2.24) is 9.97 Å². The van der Waals surface area contributed by atoms with Crippen LogP contribution in [-0.4, -0.2) is 16.5 Å². The highest BCUT2D eigenvalue weighted by molar-refractivity contribution is 5.55. The van der Waals surface area contributed by atoms with Crippen LogP contribution in [0.5, 0.6) is 0 Å². The van der Waals surface area contributed by atoms with Gasteiger partial charge in [-0.15, -0.1) is 0 Å². The molecule has 15 heavy (non-hydrogen) atoms. The Morgan fingerprint density at radius 3 is 2.60 bits per heavy atom. The van der Waals surface area contributed by atoms with Crippen LogP contribution in [0, 0.1) is 12.8 Å². The van der Waals surface area contributed by atoms with E-state index in [2.05, 4.69) is 34.6 Å². The molecule has 0 saturated heterocycles. The maximum Gasteiger partial charge on any atom is 0.148 e. The van der Waals surface area contributed by atoms with Crippen LogP contribution < -0.4 is 16.6 Å². The first-order valence-electron chi connectivity index (χ1n) is 5.17. The van der Waals surface area contributed by atoms with Gasteiger partial charge in [0.1, 0.15) is 18.0 Å². The molecule has 0 bridgehead atoms. The van der Waals surface area contributed by atoms with E-state index >= 15 is 0 Å². The topological polar surface area (TPSA) is 75.9 Å². The zero-order valence-electron chi connectivity index (χ0n) is 9.54. The summed E-state index contributed by atoms with van der Waals surface area (Å²) in [6, 6.07) is 0. The number of nitrogens with zero attached hydrogens (tertiary/aromatic N) is 2. The predicted molar refractivity (Wildman–Crippen MR) is 62.5 cm³/mol. The van der Waals surface area contributed by atoms with Crippen molar-refractivity contribution in [3.63, 3.8) is 0 Å².